The normalized spacial score (nSPS) is 10.7. The Morgan fingerprint density at radius 3 is 2.43 bits per heavy atom. The van der Waals surface area contributed by atoms with Crippen molar-refractivity contribution in [1.82, 2.24) is 24.5 Å². The van der Waals surface area contributed by atoms with E-state index < -0.39 is 0 Å². The topological polar surface area (TPSA) is 85.0 Å². The van der Waals surface area contributed by atoms with Crippen LogP contribution in [0.25, 0.3) is 0 Å². The average molecular weight is 318 g/mol. The number of aromatic nitrogens is 4. The first-order valence-corrected chi connectivity index (χ1v) is 7.36. The minimum atomic E-state index is -0.300. The predicted octanol–water partition coefficient (Wildman–Crippen LogP) is 1.21. The molecule has 2 heterocycles. The fraction of sp³-hybridized carbons (Fsp3) is 0.467. The third kappa shape index (κ3) is 3.10. The number of carbonyl (C=O) groups excluding carboxylic acids is 2. The lowest BCUT2D eigenvalue weighted by Crippen LogP contribution is -2.24. The molecule has 0 aromatic carbocycles. The fourth-order valence-corrected chi connectivity index (χ4v) is 2.20. The van der Waals surface area contributed by atoms with Gasteiger partial charge in [0.25, 0.3) is 11.8 Å². The Morgan fingerprint density at radius 2 is 1.91 bits per heavy atom. The van der Waals surface area contributed by atoms with Crippen LogP contribution >= 0.6 is 0 Å². The van der Waals surface area contributed by atoms with Gasteiger partial charge in [0.2, 0.25) is 0 Å². The Hall–Kier alpha value is -2.64. The van der Waals surface area contributed by atoms with Gasteiger partial charge in [-0.15, -0.1) is 0 Å². The van der Waals surface area contributed by atoms with E-state index in [2.05, 4.69) is 15.5 Å². The Kier molecular flexibility index (Phi) is 4.53. The van der Waals surface area contributed by atoms with Gasteiger partial charge in [-0.2, -0.15) is 10.2 Å². The van der Waals surface area contributed by atoms with Crippen molar-refractivity contribution in [1.29, 1.82) is 0 Å². The maximum absolute atomic E-state index is 12.5. The number of anilines is 1. The molecule has 0 bridgehead atoms. The van der Waals surface area contributed by atoms with E-state index in [-0.39, 0.29) is 17.5 Å². The lowest BCUT2D eigenvalue weighted by atomic mass is 10.2. The van der Waals surface area contributed by atoms with Crippen LogP contribution in [0.5, 0.6) is 0 Å². The molecule has 124 valence electrons. The van der Waals surface area contributed by atoms with Gasteiger partial charge in [-0.3, -0.25) is 19.0 Å². The van der Waals surface area contributed by atoms with E-state index in [1.54, 1.807) is 50.6 Å². The third-order valence-corrected chi connectivity index (χ3v) is 3.70. The molecule has 0 fully saturated rings. The lowest BCUT2D eigenvalue weighted by Gasteiger charge is -2.10. The molecule has 0 saturated carbocycles. The van der Waals surface area contributed by atoms with Gasteiger partial charge in [0.15, 0.2) is 5.69 Å². The SMILES string of the molecule is CCn1cc(C(=O)Nc2c(C(=O)N(C)C)nn(C)c2C)c(C)n1. The van der Waals surface area contributed by atoms with Crippen LogP contribution in [-0.2, 0) is 13.6 Å². The fourth-order valence-electron chi connectivity index (χ4n) is 2.20. The number of nitrogens with one attached hydrogen (secondary N) is 1. The van der Waals surface area contributed by atoms with E-state index in [0.29, 0.717) is 29.2 Å². The summed E-state index contributed by atoms with van der Waals surface area (Å²) >= 11 is 0. The van der Waals surface area contributed by atoms with Crippen LogP contribution in [0.3, 0.4) is 0 Å². The summed E-state index contributed by atoms with van der Waals surface area (Å²) in [5.74, 6) is -0.559. The second-order valence-electron chi connectivity index (χ2n) is 5.57. The first kappa shape index (κ1) is 16.7. The number of hydrogen-bond acceptors (Lipinski definition) is 4. The van der Waals surface area contributed by atoms with Gasteiger partial charge in [0.05, 0.1) is 22.6 Å². The zero-order chi connectivity index (χ0) is 17.3. The van der Waals surface area contributed by atoms with Crippen LogP contribution in [0.1, 0.15) is 39.2 Å². The number of hydrogen-bond donors (Lipinski definition) is 1. The van der Waals surface area contributed by atoms with Crippen LogP contribution in [0.15, 0.2) is 6.20 Å². The van der Waals surface area contributed by atoms with E-state index in [1.807, 2.05) is 6.92 Å². The van der Waals surface area contributed by atoms with Crippen molar-refractivity contribution < 1.29 is 9.59 Å². The highest BCUT2D eigenvalue weighted by Crippen LogP contribution is 2.22. The van der Waals surface area contributed by atoms with E-state index >= 15 is 0 Å². The molecule has 0 radical (unpaired) electrons. The third-order valence-electron chi connectivity index (χ3n) is 3.70. The highest BCUT2D eigenvalue weighted by atomic mass is 16.2. The van der Waals surface area contributed by atoms with Gasteiger partial charge in [-0.25, -0.2) is 0 Å². The largest absolute Gasteiger partial charge is 0.343 e. The zero-order valence-corrected chi connectivity index (χ0v) is 14.3. The summed E-state index contributed by atoms with van der Waals surface area (Å²) in [5.41, 5.74) is 2.50. The molecule has 0 aliphatic carbocycles. The Balaban J connectivity index is 2.37. The summed E-state index contributed by atoms with van der Waals surface area (Å²) in [6.07, 6.45) is 1.70. The van der Waals surface area contributed by atoms with Crippen molar-refractivity contribution in [2.45, 2.75) is 27.3 Å². The molecule has 0 aliphatic heterocycles. The van der Waals surface area contributed by atoms with Crippen molar-refractivity contribution in [3.05, 3.63) is 28.8 Å². The second-order valence-corrected chi connectivity index (χ2v) is 5.57. The smallest absolute Gasteiger partial charge is 0.276 e. The first-order chi connectivity index (χ1) is 10.8. The number of rotatable bonds is 4. The van der Waals surface area contributed by atoms with Crippen molar-refractivity contribution >= 4 is 17.5 Å². The van der Waals surface area contributed by atoms with Crippen molar-refractivity contribution in [2.24, 2.45) is 7.05 Å². The minimum absolute atomic E-state index is 0.226. The highest BCUT2D eigenvalue weighted by molar-refractivity contribution is 6.09. The monoisotopic (exact) mass is 318 g/mol. The molecule has 8 nitrogen and oxygen atoms in total. The van der Waals surface area contributed by atoms with Crippen LogP contribution in [-0.4, -0.2) is 50.4 Å². The van der Waals surface area contributed by atoms with Crippen LogP contribution < -0.4 is 5.32 Å². The summed E-state index contributed by atoms with van der Waals surface area (Å²) < 4.78 is 3.28. The molecule has 0 unspecified atom stereocenters. The number of carbonyl (C=O) groups is 2. The van der Waals surface area contributed by atoms with Gasteiger partial charge in [-0.1, -0.05) is 0 Å². The quantitative estimate of drug-likeness (QED) is 0.918. The zero-order valence-electron chi connectivity index (χ0n) is 14.3. The highest BCUT2D eigenvalue weighted by Gasteiger charge is 2.24. The molecule has 2 aromatic rings. The van der Waals surface area contributed by atoms with E-state index in [1.165, 1.54) is 4.90 Å². The van der Waals surface area contributed by atoms with Gasteiger partial charge in [-0.05, 0) is 20.8 Å². The summed E-state index contributed by atoms with van der Waals surface area (Å²) in [6.45, 7) is 6.22. The van der Waals surface area contributed by atoms with E-state index in [9.17, 15) is 9.59 Å². The molecule has 2 rings (SSSR count). The van der Waals surface area contributed by atoms with Gasteiger partial charge in [0, 0.05) is 33.9 Å². The number of nitrogens with zero attached hydrogens (tertiary/aromatic N) is 5. The molecular formula is C15H22N6O2. The first-order valence-electron chi connectivity index (χ1n) is 7.36. The summed E-state index contributed by atoms with van der Waals surface area (Å²) in [6, 6.07) is 0. The molecule has 1 N–H and O–H groups in total. The summed E-state index contributed by atoms with van der Waals surface area (Å²) in [5, 5.41) is 11.3. The molecule has 0 atom stereocenters. The van der Waals surface area contributed by atoms with E-state index in [0.717, 1.165) is 0 Å². The molecule has 0 spiro atoms. The lowest BCUT2D eigenvalue weighted by molar-refractivity contribution is 0.0822. The van der Waals surface area contributed by atoms with Gasteiger partial charge in [0.1, 0.15) is 0 Å². The number of amides is 2. The molecule has 8 heteroatoms. The maximum Gasteiger partial charge on any atom is 0.276 e. The van der Waals surface area contributed by atoms with Gasteiger partial charge >= 0.3 is 0 Å². The molecular weight excluding hydrogens is 296 g/mol. The Morgan fingerprint density at radius 1 is 1.26 bits per heavy atom. The summed E-state index contributed by atoms with van der Waals surface area (Å²) in [4.78, 5) is 26.2. The molecule has 23 heavy (non-hydrogen) atoms. The van der Waals surface area contributed by atoms with Crippen LogP contribution in [0.2, 0.25) is 0 Å². The number of aryl methyl sites for hydroxylation is 3. The maximum atomic E-state index is 12.5. The standard InChI is InChI=1S/C15H22N6O2/c1-7-21-8-11(9(2)17-21)14(22)16-12-10(3)20(6)18-13(12)15(23)19(4)5/h8H,7H2,1-6H3,(H,16,22). The molecule has 2 amide bonds. The summed E-state index contributed by atoms with van der Waals surface area (Å²) in [7, 11) is 5.03. The second kappa shape index (κ2) is 6.23. The molecule has 0 aliphatic rings. The predicted molar refractivity (Wildman–Crippen MR) is 86.6 cm³/mol. The van der Waals surface area contributed by atoms with Crippen molar-refractivity contribution in [3.63, 3.8) is 0 Å². The molecule has 2 aromatic heterocycles. The average Bonchev–Trinajstić information content (AvgIpc) is 3.01. The minimum Gasteiger partial charge on any atom is -0.343 e. The van der Waals surface area contributed by atoms with Crippen molar-refractivity contribution in [3.8, 4) is 0 Å². The van der Waals surface area contributed by atoms with Crippen LogP contribution in [0.4, 0.5) is 5.69 Å². The van der Waals surface area contributed by atoms with Crippen LogP contribution in [0, 0.1) is 13.8 Å². The Labute approximate surface area is 135 Å². The van der Waals surface area contributed by atoms with Gasteiger partial charge < -0.3 is 10.2 Å². The van der Waals surface area contributed by atoms with Crippen molar-refractivity contribution in [2.75, 3.05) is 19.4 Å². The molecule has 0 saturated heterocycles. The Bertz CT molecular complexity index is 756. The van der Waals surface area contributed by atoms with E-state index in [4.69, 9.17) is 0 Å².